The van der Waals surface area contributed by atoms with E-state index in [1.54, 1.807) is 6.92 Å². The average molecular weight is 229 g/mol. The summed E-state index contributed by atoms with van der Waals surface area (Å²) >= 11 is 0. The Morgan fingerprint density at radius 2 is 2.31 bits per heavy atom. The van der Waals surface area contributed by atoms with E-state index in [1.807, 2.05) is 0 Å². The van der Waals surface area contributed by atoms with Crippen LogP contribution in [0.2, 0.25) is 0 Å². The number of anilines is 1. The van der Waals surface area contributed by atoms with Crippen molar-refractivity contribution in [2.45, 2.75) is 13.0 Å². The number of ether oxygens (including phenoxy) is 1. The van der Waals surface area contributed by atoms with E-state index < -0.39 is 17.6 Å². The van der Waals surface area contributed by atoms with Gasteiger partial charge in [0.25, 0.3) is 0 Å². The van der Waals surface area contributed by atoms with Gasteiger partial charge in [-0.3, -0.25) is 0 Å². The molecule has 1 aliphatic rings. The van der Waals surface area contributed by atoms with Crippen LogP contribution in [0.15, 0.2) is 6.07 Å². The van der Waals surface area contributed by atoms with Crippen LogP contribution in [-0.2, 0) is 0 Å². The van der Waals surface area contributed by atoms with Gasteiger partial charge < -0.3 is 15.2 Å². The summed E-state index contributed by atoms with van der Waals surface area (Å²) in [4.78, 5) is 10.9. The summed E-state index contributed by atoms with van der Waals surface area (Å²) in [6.45, 7) is 1.91. The monoisotopic (exact) mass is 229 g/mol. The van der Waals surface area contributed by atoms with Crippen LogP contribution in [0.5, 0.6) is 5.75 Å². The fraction of sp³-hybridized carbons (Fsp3) is 0.300. The lowest BCUT2D eigenvalue weighted by molar-refractivity contribution is 0.0696. The molecule has 0 bridgehead atoms. The van der Waals surface area contributed by atoms with Crippen LogP contribution in [0.25, 0.3) is 0 Å². The molecule has 0 aromatic heterocycles. The lowest BCUT2D eigenvalue weighted by atomic mass is 10.1. The number of fused-ring (bicyclic) bond motifs is 1. The van der Waals surface area contributed by atoms with E-state index >= 15 is 0 Å². The number of aromatic carboxylic acids is 1. The Hall–Kier alpha value is -1.85. The zero-order valence-electron chi connectivity index (χ0n) is 8.38. The Morgan fingerprint density at radius 3 is 2.94 bits per heavy atom. The average Bonchev–Trinajstić information content (AvgIpc) is 2.22. The molecule has 0 amide bonds. The molecule has 1 aromatic rings. The van der Waals surface area contributed by atoms with Crippen LogP contribution in [0, 0.1) is 11.6 Å². The van der Waals surface area contributed by atoms with Gasteiger partial charge in [0.2, 0.25) is 5.82 Å². The van der Waals surface area contributed by atoms with Crippen molar-refractivity contribution in [3.63, 3.8) is 0 Å². The van der Waals surface area contributed by atoms with E-state index in [2.05, 4.69) is 5.32 Å². The third-order valence-corrected chi connectivity index (χ3v) is 2.28. The van der Waals surface area contributed by atoms with Crippen molar-refractivity contribution in [1.82, 2.24) is 0 Å². The highest BCUT2D eigenvalue weighted by molar-refractivity contribution is 5.96. The first-order valence-corrected chi connectivity index (χ1v) is 4.65. The number of carboxylic acids is 1. The second-order valence-electron chi connectivity index (χ2n) is 3.59. The highest BCUT2D eigenvalue weighted by atomic mass is 19.2. The van der Waals surface area contributed by atoms with Crippen LogP contribution in [-0.4, -0.2) is 23.7 Å². The number of hydrogen-bond donors (Lipinski definition) is 2. The van der Waals surface area contributed by atoms with Gasteiger partial charge in [-0.25, -0.2) is 9.18 Å². The maximum atomic E-state index is 13.3. The van der Waals surface area contributed by atoms with E-state index in [9.17, 15) is 13.6 Å². The fourth-order valence-corrected chi connectivity index (χ4v) is 1.55. The smallest absolute Gasteiger partial charge is 0.338 e. The minimum atomic E-state index is -1.33. The standard InChI is InChI=1S/C10H9F2NO3/c1-4-3-16-9-7(12)6(11)2-5(10(14)15)8(9)13-4/h2,4,13H,3H2,1H3,(H,14,15). The molecule has 2 N–H and O–H groups in total. The zero-order valence-corrected chi connectivity index (χ0v) is 8.38. The Morgan fingerprint density at radius 1 is 1.62 bits per heavy atom. The minimum absolute atomic E-state index is 0.00912. The molecule has 1 atom stereocenters. The van der Waals surface area contributed by atoms with Crippen molar-refractivity contribution in [2.75, 3.05) is 11.9 Å². The van der Waals surface area contributed by atoms with Gasteiger partial charge in [0.1, 0.15) is 6.61 Å². The van der Waals surface area contributed by atoms with Gasteiger partial charge in [0.15, 0.2) is 11.6 Å². The molecule has 0 spiro atoms. The molecule has 0 aliphatic carbocycles. The lowest BCUT2D eigenvalue weighted by Gasteiger charge is -2.26. The molecule has 0 saturated heterocycles. The molecule has 1 heterocycles. The summed E-state index contributed by atoms with van der Waals surface area (Å²) in [7, 11) is 0. The zero-order chi connectivity index (χ0) is 11.9. The van der Waals surface area contributed by atoms with Gasteiger partial charge in [0, 0.05) is 0 Å². The summed E-state index contributed by atoms with van der Waals surface area (Å²) in [5.41, 5.74) is -0.342. The summed E-state index contributed by atoms with van der Waals surface area (Å²) < 4.78 is 31.4. The van der Waals surface area contributed by atoms with Crippen molar-refractivity contribution >= 4 is 11.7 Å². The van der Waals surface area contributed by atoms with Gasteiger partial charge in [0.05, 0.1) is 17.3 Å². The predicted molar refractivity (Wildman–Crippen MR) is 51.9 cm³/mol. The van der Waals surface area contributed by atoms with Gasteiger partial charge >= 0.3 is 5.97 Å². The maximum absolute atomic E-state index is 13.3. The van der Waals surface area contributed by atoms with E-state index in [4.69, 9.17) is 9.84 Å². The van der Waals surface area contributed by atoms with Crippen molar-refractivity contribution in [3.8, 4) is 5.75 Å². The van der Waals surface area contributed by atoms with Gasteiger partial charge in [-0.15, -0.1) is 0 Å². The number of nitrogens with one attached hydrogen (secondary N) is 1. The highest BCUT2D eigenvalue weighted by Gasteiger charge is 2.27. The van der Waals surface area contributed by atoms with Crippen LogP contribution in [0.4, 0.5) is 14.5 Å². The van der Waals surface area contributed by atoms with Crippen LogP contribution in [0.3, 0.4) is 0 Å². The van der Waals surface area contributed by atoms with Crippen molar-refractivity contribution < 1.29 is 23.4 Å². The summed E-state index contributed by atoms with van der Waals surface area (Å²) in [6, 6.07) is 0.487. The first-order valence-electron chi connectivity index (χ1n) is 4.65. The van der Waals surface area contributed by atoms with Crippen molar-refractivity contribution in [2.24, 2.45) is 0 Å². The first kappa shape index (κ1) is 10.7. The van der Waals surface area contributed by atoms with Crippen LogP contribution >= 0.6 is 0 Å². The second kappa shape index (κ2) is 3.62. The Labute approximate surface area is 89.8 Å². The van der Waals surface area contributed by atoms with Gasteiger partial charge in [-0.1, -0.05) is 0 Å². The second-order valence-corrected chi connectivity index (χ2v) is 3.59. The van der Waals surface area contributed by atoms with E-state index in [0.29, 0.717) is 6.07 Å². The molecule has 86 valence electrons. The molecule has 2 rings (SSSR count). The molecule has 1 aliphatic heterocycles. The molecule has 1 unspecified atom stereocenters. The lowest BCUT2D eigenvalue weighted by Crippen LogP contribution is -2.30. The molecule has 0 radical (unpaired) electrons. The minimum Gasteiger partial charge on any atom is -0.486 e. The van der Waals surface area contributed by atoms with Gasteiger partial charge in [-0.05, 0) is 13.0 Å². The number of benzene rings is 1. The van der Waals surface area contributed by atoms with Crippen molar-refractivity contribution in [1.29, 1.82) is 0 Å². The first-order chi connectivity index (χ1) is 7.50. The van der Waals surface area contributed by atoms with Gasteiger partial charge in [-0.2, -0.15) is 4.39 Å². The Kier molecular flexibility index (Phi) is 2.41. The summed E-state index contributed by atoms with van der Waals surface area (Å²) in [5.74, 6) is -4.09. The quantitative estimate of drug-likeness (QED) is 0.771. The summed E-state index contributed by atoms with van der Waals surface area (Å²) in [5, 5.41) is 11.6. The number of carboxylic acid groups (broad SMARTS) is 1. The Bertz CT molecular complexity index is 462. The molecule has 16 heavy (non-hydrogen) atoms. The maximum Gasteiger partial charge on any atom is 0.338 e. The third kappa shape index (κ3) is 1.56. The molecule has 1 aromatic carbocycles. The normalized spacial score (nSPS) is 18.3. The largest absolute Gasteiger partial charge is 0.486 e. The van der Waals surface area contributed by atoms with Crippen LogP contribution in [0.1, 0.15) is 17.3 Å². The fourth-order valence-electron chi connectivity index (χ4n) is 1.55. The summed E-state index contributed by atoms with van der Waals surface area (Å²) in [6.07, 6.45) is 0. The Balaban J connectivity index is 2.64. The van der Waals surface area contributed by atoms with E-state index in [-0.39, 0.29) is 29.6 Å². The molecular formula is C10H9F2NO3. The van der Waals surface area contributed by atoms with Crippen LogP contribution < -0.4 is 10.1 Å². The van der Waals surface area contributed by atoms with Crippen molar-refractivity contribution in [3.05, 3.63) is 23.3 Å². The topological polar surface area (TPSA) is 58.6 Å². The molecule has 0 fully saturated rings. The molecule has 0 saturated carbocycles. The predicted octanol–water partition coefficient (Wildman–Crippen LogP) is 1.86. The third-order valence-electron chi connectivity index (χ3n) is 2.28. The number of halogens is 2. The number of hydrogen-bond acceptors (Lipinski definition) is 3. The highest BCUT2D eigenvalue weighted by Crippen LogP contribution is 2.36. The molecule has 6 heteroatoms. The number of carbonyl (C=O) groups is 1. The number of rotatable bonds is 1. The van der Waals surface area contributed by atoms with E-state index in [1.165, 1.54) is 0 Å². The molecule has 4 nitrogen and oxygen atoms in total. The molecular weight excluding hydrogens is 220 g/mol. The van der Waals surface area contributed by atoms with E-state index in [0.717, 1.165) is 0 Å². The SMILES string of the molecule is CC1COc2c(F)c(F)cc(C(=O)O)c2N1.